The molecule has 0 bridgehead atoms. The van der Waals surface area contributed by atoms with Crippen LogP contribution < -0.4 is 0 Å². The van der Waals surface area contributed by atoms with Crippen molar-refractivity contribution in [3.63, 3.8) is 0 Å². The Labute approximate surface area is 181 Å². The second kappa shape index (κ2) is 8.49. The topological polar surface area (TPSA) is 17.8 Å². The van der Waals surface area contributed by atoms with E-state index in [1.165, 1.54) is 49.8 Å². The van der Waals surface area contributed by atoms with Gasteiger partial charge in [0.25, 0.3) is 0 Å². The summed E-state index contributed by atoms with van der Waals surface area (Å²) >= 11 is 18.8. The van der Waals surface area contributed by atoms with E-state index in [4.69, 9.17) is 39.9 Å². The number of hydrogen-bond acceptors (Lipinski definition) is 1. The maximum Gasteiger partial charge on any atom is 0.0840 e. The van der Waals surface area contributed by atoms with Crippen LogP contribution in [0.2, 0.25) is 15.1 Å². The van der Waals surface area contributed by atoms with E-state index in [2.05, 4.69) is 6.92 Å². The molecule has 0 atom stereocenters. The molecule has 0 N–H and O–H groups in total. The summed E-state index contributed by atoms with van der Waals surface area (Å²) in [7, 11) is 0. The predicted molar refractivity (Wildman–Crippen MR) is 119 cm³/mol. The predicted octanol–water partition coefficient (Wildman–Crippen LogP) is 8.25. The molecule has 2 aromatic carbocycles. The lowest BCUT2D eigenvalue weighted by molar-refractivity contribution is 0.569. The van der Waals surface area contributed by atoms with Gasteiger partial charge in [-0.15, -0.1) is 0 Å². The molecule has 0 amide bonds. The highest BCUT2D eigenvalue weighted by Gasteiger charge is 2.25. The number of rotatable bonds is 3. The van der Waals surface area contributed by atoms with Gasteiger partial charge in [0.1, 0.15) is 0 Å². The van der Waals surface area contributed by atoms with E-state index >= 15 is 0 Å². The molecule has 0 aliphatic heterocycles. The lowest BCUT2D eigenvalue weighted by atomic mass is 9.92. The van der Waals surface area contributed by atoms with Gasteiger partial charge in [-0.3, -0.25) is 0 Å². The third-order valence-electron chi connectivity index (χ3n) is 5.66. The zero-order chi connectivity index (χ0) is 19.7. The van der Waals surface area contributed by atoms with Gasteiger partial charge >= 0.3 is 0 Å². The van der Waals surface area contributed by atoms with Crippen molar-refractivity contribution in [2.75, 3.05) is 0 Å². The standard InChI is InChI=1S/C23H23Cl3N2/c1-15-22(16-6-4-2-3-5-7-16)27-28(21-13-12-19(25)14-20(21)26)23(15)17-8-10-18(24)11-9-17/h8-14,16H,2-7H2,1H3. The minimum absolute atomic E-state index is 0.501. The molecular weight excluding hydrogens is 411 g/mol. The van der Waals surface area contributed by atoms with Crippen LogP contribution >= 0.6 is 34.8 Å². The van der Waals surface area contributed by atoms with Crippen molar-refractivity contribution in [2.24, 2.45) is 0 Å². The molecule has 4 rings (SSSR count). The Hall–Kier alpha value is -1.48. The van der Waals surface area contributed by atoms with Crippen LogP contribution in [-0.2, 0) is 0 Å². The zero-order valence-electron chi connectivity index (χ0n) is 15.9. The Balaban J connectivity index is 1.89. The van der Waals surface area contributed by atoms with Gasteiger partial charge in [-0.2, -0.15) is 5.10 Å². The van der Waals surface area contributed by atoms with Gasteiger partial charge in [-0.25, -0.2) is 4.68 Å². The van der Waals surface area contributed by atoms with Gasteiger partial charge in [0.2, 0.25) is 0 Å². The second-order valence-corrected chi connectivity index (χ2v) is 8.84. The minimum Gasteiger partial charge on any atom is -0.231 e. The molecule has 28 heavy (non-hydrogen) atoms. The first kappa shape index (κ1) is 19.8. The van der Waals surface area contributed by atoms with Crippen LogP contribution in [-0.4, -0.2) is 9.78 Å². The molecule has 1 aromatic heterocycles. The van der Waals surface area contributed by atoms with Crippen LogP contribution in [0.25, 0.3) is 16.9 Å². The fraction of sp³-hybridized carbons (Fsp3) is 0.348. The molecular formula is C23H23Cl3N2. The highest BCUT2D eigenvalue weighted by atomic mass is 35.5. The third kappa shape index (κ3) is 3.96. The molecule has 5 heteroatoms. The van der Waals surface area contributed by atoms with Crippen LogP contribution in [0.5, 0.6) is 0 Å². The number of benzene rings is 2. The Morgan fingerprint density at radius 1 is 0.857 bits per heavy atom. The minimum atomic E-state index is 0.501. The van der Waals surface area contributed by atoms with Crippen molar-refractivity contribution in [3.8, 4) is 16.9 Å². The van der Waals surface area contributed by atoms with Gasteiger partial charge in [0.15, 0.2) is 0 Å². The van der Waals surface area contributed by atoms with Crippen LogP contribution in [0.3, 0.4) is 0 Å². The first-order chi connectivity index (χ1) is 13.5. The molecule has 146 valence electrons. The number of aromatic nitrogens is 2. The van der Waals surface area contributed by atoms with E-state index in [1.54, 1.807) is 6.07 Å². The quantitative estimate of drug-likeness (QED) is 0.380. The molecule has 1 aliphatic carbocycles. The van der Waals surface area contributed by atoms with E-state index in [0.717, 1.165) is 22.0 Å². The first-order valence-electron chi connectivity index (χ1n) is 9.85. The largest absolute Gasteiger partial charge is 0.231 e. The molecule has 1 fully saturated rings. The SMILES string of the molecule is Cc1c(C2CCCCCC2)nn(-c2ccc(Cl)cc2Cl)c1-c1ccc(Cl)cc1. The zero-order valence-corrected chi connectivity index (χ0v) is 18.2. The normalized spacial score (nSPS) is 15.6. The Morgan fingerprint density at radius 3 is 2.14 bits per heavy atom. The average molecular weight is 434 g/mol. The van der Waals surface area contributed by atoms with Crippen molar-refractivity contribution in [1.29, 1.82) is 0 Å². The summed E-state index contributed by atoms with van der Waals surface area (Å²) in [6.07, 6.45) is 7.59. The van der Waals surface area contributed by atoms with Crippen molar-refractivity contribution in [1.82, 2.24) is 9.78 Å². The Morgan fingerprint density at radius 2 is 1.50 bits per heavy atom. The van der Waals surface area contributed by atoms with Gasteiger partial charge in [-0.1, -0.05) is 72.6 Å². The monoisotopic (exact) mass is 432 g/mol. The molecule has 2 nitrogen and oxygen atoms in total. The molecule has 0 saturated heterocycles. The van der Waals surface area contributed by atoms with Gasteiger partial charge in [0.05, 0.1) is 22.1 Å². The Bertz CT molecular complexity index is 968. The average Bonchev–Trinajstić information content (AvgIpc) is 2.85. The van der Waals surface area contributed by atoms with Gasteiger partial charge in [0, 0.05) is 21.5 Å². The third-order valence-corrected chi connectivity index (χ3v) is 6.45. The molecule has 1 aliphatic rings. The lowest BCUT2D eigenvalue weighted by Crippen LogP contribution is -2.03. The maximum absolute atomic E-state index is 6.56. The number of hydrogen-bond donors (Lipinski definition) is 0. The van der Waals surface area contributed by atoms with Crippen LogP contribution in [0.15, 0.2) is 42.5 Å². The second-order valence-electron chi connectivity index (χ2n) is 7.56. The summed E-state index contributed by atoms with van der Waals surface area (Å²) in [5.74, 6) is 0.501. The van der Waals surface area contributed by atoms with Crippen molar-refractivity contribution < 1.29 is 0 Å². The van der Waals surface area contributed by atoms with E-state index in [0.29, 0.717) is 16.0 Å². The smallest absolute Gasteiger partial charge is 0.0840 e. The number of nitrogens with zero attached hydrogens (tertiary/aromatic N) is 2. The van der Waals surface area contributed by atoms with Crippen LogP contribution in [0.1, 0.15) is 55.7 Å². The summed E-state index contributed by atoms with van der Waals surface area (Å²) < 4.78 is 1.98. The summed E-state index contributed by atoms with van der Waals surface area (Å²) in [6.45, 7) is 2.18. The molecule has 1 saturated carbocycles. The summed E-state index contributed by atoms with van der Waals surface area (Å²) in [5, 5.41) is 7.03. The fourth-order valence-electron chi connectivity index (χ4n) is 4.23. The van der Waals surface area contributed by atoms with Crippen LogP contribution in [0, 0.1) is 6.92 Å². The Kier molecular flexibility index (Phi) is 6.01. The molecule has 0 spiro atoms. The van der Waals surface area contributed by atoms with E-state index in [9.17, 15) is 0 Å². The molecule has 0 radical (unpaired) electrons. The van der Waals surface area contributed by atoms with Crippen LogP contribution in [0.4, 0.5) is 0 Å². The van der Waals surface area contributed by atoms with Gasteiger partial charge in [-0.05, 0) is 55.7 Å². The van der Waals surface area contributed by atoms with Crippen molar-refractivity contribution >= 4 is 34.8 Å². The molecule has 1 heterocycles. The summed E-state index contributed by atoms with van der Waals surface area (Å²) in [6, 6.07) is 13.5. The van der Waals surface area contributed by atoms with Crippen molar-refractivity contribution in [2.45, 2.75) is 51.4 Å². The highest BCUT2D eigenvalue weighted by molar-refractivity contribution is 6.35. The van der Waals surface area contributed by atoms with Crippen molar-refractivity contribution in [3.05, 3.63) is 68.8 Å². The molecule has 0 unspecified atom stereocenters. The van der Waals surface area contributed by atoms with E-state index in [1.807, 2.05) is 41.1 Å². The molecule has 3 aromatic rings. The first-order valence-corrected chi connectivity index (χ1v) is 11.0. The maximum atomic E-state index is 6.56. The summed E-state index contributed by atoms with van der Waals surface area (Å²) in [5.41, 5.74) is 5.41. The lowest BCUT2D eigenvalue weighted by Gasteiger charge is -2.12. The van der Waals surface area contributed by atoms with E-state index < -0.39 is 0 Å². The number of halogens is 3. The highest BCUT2D eigenvalue weighted by Crippen LogP contribution is 2.39. The van der Waals surface area contributed by atoms with E-state index in [-0.39, 0.29) is 0 Å². The summed E-state index contributed by atoms with van der Waals surface area (Å²) in [4.78, 5) is 0. The van der Waals surface area contributed by atoms with Gasteiger partial charge < -0.3 is 0 Å². The fourth-order valence-corrected chi connectivity index (χ4v) is 4.84.